The molecule has 0 unspecified atom stereocenters. The molecule has 0 aliphatic carbocycles. The molecular formula is C31H26N4O5. The van der Waals surface area contributed by atoms with Crippen molar-refractivity contribution in [2.24, 2.45) is 0 Å². The summed E-state index contributed by atoms with van der Waals surface area (Å²) in [5.41, 5.74) is 5.01. The third-order valence-electron chi connectivity index (χ3n) is 6.95. The number of para-hydroxylation sites is 1. The lowest BCUT2D eigenvalue weighted by atomic mass is 10.0. The number of carbonyl (C=O) groups is 2. The predicted molar refractivity (Wildman–Crippen MR) is 148 cm³/mol. The van der Waals surface area contributed by atoms with Crippen LogP contribution >= 0.6 is 0 Å². The summed E-state index contributed by atoms with van der Waals surface area (Å²) in [7, 11) is 0. The van der Waals surface area contributed by atoms with Crippen molar-refractivity contribution in [2.45, 2.75) is 25.9 Å². The molecule has 0 saturated carbocycles. The van der Waals surface area contributed by atoms with E-state index in [4.69, 9.17) is 14.8 Å². The first-order valence-corrected chi connectivity index (χ1v) is 12.9. The molecule has 5 aromatic rings. The summed E-state index contributed by atoms with van der Waals surface area (Å²) in [5.74, 6) is 1.51. The highest BCUT2D eigenvalue weighted by Crippen LogP contribution is 2.31. The average molecular weight is 535 g/mol. The van der Waals surface area contributed by atoms with Gasteiger partial charge in [-0.25, -0.2) is 14.8 Å². The van der Waals surface area contributed by atoms with Gasteiger partial charge in [-0.3, -0.25) is 4.79 Å². The summed E-state index contributed by atoms with van der Waals surface area (Å²) in [6.07, 6.45) is 2.74. The van der Waals surface area contributed by atoms with Crippen LogP contribution in [0.1, 0.15) is 22.4 Å². The van der Waals surface area contributed by atoms with E-state index in [1.54, 1.807) is 12.3 Å². The number of fused-ring (bicyclic) bond motifs is 3. The Labute approximate surface area is 230 Å². The molecule has 0 saturated heterocycles. The van der Waals surface area contributed by atoms with E-state index < -0.39 is 6.16 Å². The summed E-state index contributed by atoms with van der Waals surface area (Å²) in [6, 6.07) is 24.9. The summed E-state index contributed by atoms with van der Waals surface area (Å²) in [6.45, 7) is 1.71. The molecule has 0 bridgehead atoms. The molecular weight excluding hydrogens is 508 g/mol. The monoisotopic (exact) mass is 534 g/mol. The number of aromatic nitrogens is 3. The molecule has 1 N–H and O–H groups in total. The Morgan fingerprint density at radius 1 is 0.875 bits per heavy atom. The Kier molecular flexibility index (Phi) is 6.84. The largest absolute Gasteiger partial charge is 0.512 e. The van der Waals surface area contributed by atoms with Crippen LogP contribution in [0.4, 0.5) is 4.79 Å². The van der Waals surface area contributed by atoms with Crippen molar-refractivity contribution in [3.8, 4) is 17.4 Å². The van der Waals surface area contributed by atoms with Crippen LogP contribution in [0.2, 0.25) is 0 Å². The number of carbonyl (C=O) groups excluding carboxylic acids is 1. The summed E-state index contributed by atoms with van der Waals surface area (Å²) in [4.78, 5) is 34.5. The van der Waals surface area contributed by atoms with Gasteiger partial charge in [0.05, 0.1) is 13.0 Å². The zero-order valence-electron chi connectivity index (χ0n) is 21.6. The van der Waals surface area contributed by atoms with E-state index in [9.17, 15) is 9.59 Å². The molecule has 2 aromatic carbocycles. The number of pyridine rings is 2. The Morgan fingerprint density at radius 2 is 1.65 bits per heavy atom. The second-order valence-electron chi connectivity index (χ2n) is 9.56. The van der Waals surface area contributed by atoms with E-state index in [1.165, 1.54) is 17.8 Å². The fraction of sp³-hybridized carbons (Fsp3) is 0.161. The number of benzene rings is 2. The van der Waals surface area contributed by atoms with Crippen molar-refractivity contribution < 1.29 is 24.2 Å². The van der Waals surface area contributed by atoms with Crippen molar-refractivity contribution in [1.82, 2.24) is 19.4 Å². The molecule has 0 spiro atoms. The van der Waals surface area contributed by atoms with Gasteiger partial charge in [0, 0.05) is 42.6 Å². The molecule has 1 aliphatic heterocycles. The van der Waals surface area contributed by atoms with E-state index >= 15 is 0 Å². The summed E-state index contributed by atoms with van der Waals surface area (Å²) < 4.78 is 12.7. The standard InChI is InChI=1S/C31H26N4O5/c36-29(17-22-10-13-28(33-18-22)40-31(37)38)34-16-14-25-26-7-4-15-32-30(26)35(27(25)20-34)19-21-8-11-24(12-9-21)39-23-5-2-1-3-6-23/h1-13,15,18H,14,16-17,19-20H2,(H,37,38). The molecule has 0 atom stereocenters. The molecule has 0 radical (unpaired) electrons. The van der Waals surface area contributed by atoms with Crippen LogP contribution < -0.4 is 9.47 Å². The number of hydrogen-bond donors (Lipinski definition) is 1. The molecule has 40 heavy (non-hydrogen) atoms. The Balaban J connectivity index is 1.21. The zero-order chi connectivity index (χ0) is 27.5. The van der Waals surface area contributed by atoms with Gasteiger partial charge in [-0.05, 0) is 59.5 Å². The van der Waals surface area contributed by atoms with Gasteiger partial charge >= 0.3 is 6.16 Å². The first-order chi connectivity index (χ1) is 19.5. The zero-order valence-corrected chi connectivity index (χ0v) is 21.6. The number of carboxylic acid groups (broad SMARTS) is 1. The normalized spacial score (nSPS) is 12.7. The predicted octanol–water partition coefficient (Wildman–Crippen LogP) is 5.46. The van der Waals surface area contributed by atoms with E-state index in [1.807, 2.05) is 53.4 Å². The minimum atomic E-state index is -1.43. The van der Waals surface area contributed by atoms with E-state index in [-0.39, 0.29) is 18.2 Å². The van der Waals surface area contributed by atoms with Crippen molar-refractivity contribution in [3.05, 3.63) is 114 Å². The first kappa shape index (κ1) is 25.1. The molecule has 1 amide bonds. The van der Waals surface area contributed by atoms with Crippen LogP contribution in [0, 0.1) is 0 Å². The van der Waals surface area contributed by atoms with Crippen molar-refractivity contribution in [1.29, 1.82) is 0 Å². The van der Waals surface area contributed by atoms with Gasteiger partial charge in [-0.2, -0.15) is 0 Å². The quantitative estimate of drug-likeness (QED) is 0.277. The van der Waals surface area contributed by atoms with E-state index in [2.05, 4.69) is 32.5 Å². The molecule has 1 aliphatic rings. The maximum absolute atomic E-state index is 13.2. The fourth-order valence-corrected chi connectivity index (χ4v) is 5.07. The number of rotatable bonds is 7. The lowest BCUT2D eigenvalue weighted by Gasteiger charge is -2.28. The van der Waals surface area contributed by atoms with Crippen LogP contribution in [0.15, 0.2) is 91.3 Å². The third-order valence-corrected chi connectivity index (χ3v) is 6.95. The highest BCUT2D eigenvalue weighted by Gasteiger charge is 2.27. The lowest BCUT2D eigenvalue weighted by molar-refractivity contribution is -0.131. The number of amides is 1. The topological polar surface area (TPSA) is 107 Å². The minimum absolute atomic E-state index is 0.0217. The van der Waals surface area contributed by atoms with Crippen LogP contribution in [0.25, 0.3) is 11.0 Å². The van der Waals surface area contributed by atoms with E-state index in [0.29, 0.717) is 25.2 Å². The maximum Gasteiger partial charge on any atom is 0.512 e. The minimum Gasteiger partial charge on any atom is -0.457 e. The highest BCUT2D eigenvalue weighted by molar-refractivity contribution is 5.84. The third kappa shape index (κ3) is 5.35. The van der Waals surface area contributed by atoms with Crippen LogP contribution in [0.5, 0.6) is 17.4 Å². The van der Waals surface area contributed by atoms with E-state index in [0.717, 1.165) is 40.2 Å². The number of ether oxygens (including phenoxy) is 2. The van der Waals surface area contributed by atoms with Gasteiger partial charge in [-0.15, -0.1) is 0 Å². The smallest absolute Gasteiger partial charge is 0.457 e. The van der Waals surface area contributed by atoms with Crippen molar-refractivity contribution in [3.63, 3.8) is 0 Å². The van der Waals surface area contributed by atoms with Crippen LogP contribution in [-0.4, -0.2) is 43.1 Å². The molecule has 9 heteroatoms. The fourth-order valence-electron chi connectivity index (χ4n) is 5.07. The van der Waals surface area contributed by atoms with Crippen molar-refractivity contribution in [2.75, 3.05) is 6.54 Å². The highest BCUT2D eigenvalue weighted by atomic mass is 16.7. The maximum atomic E-state index is 13.2. The average Bonchev–Trinajstić information content (AvgIpc) is 3.28. The van der Waals surface area contributed by atoms with Crippen LogP contribution in [-0.2, 0) is 30.7 Å². The van der Waals surface area contributed by atoms with Crippen molar-refractivity contribution >= 4 is 23.1 Å². The van der Waals surface area contributed by atoms with Gasteiger partial charge in [-0.1, -0.05) is 36.4 Å². The molecule has 4 heterocycles. The summed E-state index contributed by atoms with van der Waals surface area (Å²) in [5, 5.41) is 9.85. The Hall–Kier alpha value is -5.18. The Bertz CT molecular complexity index is 1660. The first-order valence-electron chi connectivity index (χ1n) is 12.9. The summed E-state index contributed by atoms with van der Waals surface area (Å²) >= 11 is 0. The van der Waals surface area contributed by atoms with Gasteiger partial charge in [0.15, 0.2) is 0 Å². The SMILES string of the molecule is O=C(O)Oc1ccc(CC(=O)N2CCc3c(n(Cc4ccc(Oc5ccccc5)cc4)c4ncccc34)C2)cn1. The Morgan fingerprint density at radius 3 is 2.40 bits per heavy atom. The van der Waals surface area contributed by atoms with Gasteiger partial charge in [0.1, 0.15) is 17.1 Å². The number of hydrogen-bond acceptors (Lipinski definition) is 6. The molecule has 0 fully saturated rings. The van der Waals surface area contributed by atoms with Gasteiger partial charge in [0.25, 0.3) is 0 Å². The molecule has 200 valence electrons. The van der Waals surface area contributed by atoms with Gasteiger partial charge in [0.2, 0.25) is 11.8 Å². The second-order valence-corrected chi connectivity index (χ2v) is 9.56. The molecule has 9 nitrogen and oxygen atoms in total. The van der Waals surface area contributed by atoms with Gasteiger partial charge < -0.3 is 24.0 Å². The number of nitrogens with zero attached hydrogens (tertiary/aromatic N) is 4. The molecule has 6 rings (SSSR count). The lowest BCUT2D eigenvalue weighted by Crippen LogP contribution is -2.37. The molecule has 3 aromatic heterocycles. The second kappa shape index (κ2) is 10.9. The van der Waals surface area contributed by atoms with Crippen LogP contribution in [0.3, 0.4) is 0 Å².